The van der Waals surface area contributed by atoms with Crippen molar-refractivity contribution >= 4 is 41.7 Å². The molecule has 1 aromatic heterocycles. The highest BCUT2D eigenvalue weighted by Crippen LogP contribution is 2.17. The lowest BCUT2D eigenvalue weighted by Crippen LogP contribution is -2.40. The van der Waals surface area contributed by atoms with Gasteiger partial charge in [0.15, 0.2) is 5.96 Å². The molecule has 0 unspecified atom stereocenters. The number of aliphatic imine (C=N–C) groups is 1. The summed E-state index contributed by atoms with van der Waals surface area (Å²) < 4.78 is 7.49. The van der Waals surface area contributed by atoms with E-state index >= 15 is 0 Å². The van der Waals surface area contributed by atoms with E-state index in [0.717, 1.165) is 62.3 Å². The van der Waals surface area contributed by atoms with Crippen molar-refractivity contribution in [3.8, 4) is 5.75 Å². The minimum atomic E-state index is 0. The molecule has 1 aromatic carbocycles. The number of hydrogen-bond donors (Lipinski definition) is 2. The van der Waals surface area contributed by atoms with Gasteiger partial charge in [-0.3, -0.25) is 4.99 Å². The van der Waals surface area contributed by atoms with Gasteiger partial charge in [0, 0.05) is 31.8 Å². The SMILES string of the molecule is CCc1nncn1CCNC(=NCCSC)NCCc1ccccc1OC.I. The Labute approximate surface area is 189 Å². The highest BCUT2D eigenvalue weighted by atomic mass is 127. The van der Waals surface area contributed by atoms with Gasteiger partial charge in [0.25, 0.3) is 0 Å². The van der Waals surface area contributed by atoms with E-state index in [4.69, 9.17) is 4.74 Å². The van der Waals surface area contributed by atoms with Gasteiger partial charge in [-0.2, -0.15) is 11.8 Å². The first-order valence-electron chi connectivity index (χ1n) is 9.28. The molecule has 7 nitrogen and oxygen atoms in total. The lowest BCUT2D eigenvalue weighted by atomic mass is 10.1. The van der Waals surface area contributed by atoms with E-state index in [1.165, 1.54) is 5.56 Å². The first-order valence-corrected chi connectivity index (χ1v) is 10.7. The summed E-state index contributed by atoms with van der Waals surface area (Å²) in [6.45, 7) is 5.25. The Morgan fingerprint density at radius 2 is 2.04 bits per heavy atom. The van der Waals surface area contributed by atoms with Crippen LogP contribution in [0.5, 0.6) is 5.75 Å². The molecule has 0 aliphatic heterocycles. The summed E-state index contributed by atoms with van der Waals surface area (Å²) in [4.78, 5) is 4.65. The molecule has 1 heterocycles. The van der Waals surface area contributed by atoms with E-state index in [2.05, 4.69) is 49.6 Å². The Bertz CT molecular complexity index is 709. The van der Waals surface area contributed by atoms with Gasteiger partial charge in [-0.05, 0) is 24.3 Å². The highest BCUT2D eigenvalue weighted by Gasteiger charge is 2.04. The van der Waals surface area contributed by atoms with Crippen LogP contribution in [0.3, 0.4) is 0 Å². The molecular weight excluding hydrogens is 487 g/mol. The minimum absolute atomic E-state index is 0. The van der Waals surface area contributed by atoms with Crippen molar-refractivity contribution < 1.29 is 4.74 Å². The van der Waals surface area contributed by atoms with Crippen LogP contribution in [0.25, 0.3) is 0 Å². The summed E-state index contributed by atoms with van der Waals surface area (Å²) in [5, 5.41) is 14.9. The molecule has 0 spiro atoms. The molecule has 156 valence electrons. The molecule has 0 radical (unpaired) electrons. The van der Waals surface area contributed by atoms with E-state index < -0.39 is 0 Å². The van der Waals surface area contributed by atoms with E-state index in [-0.39, 0.29) is 24.0 Å². The van der Waals surface area contributed by atoms with Gasteiger partial charge in [-0.15, -0.1) is 34.2 Å². The van der Waals surface area contributed by atoms with Crippen LogP contribution < -0.4 is 15.4 Å². The van der Waals surface area contributed by atoms with Crippen molar-refractivity contribution in [2.75, 3.05) is 38.8 Å². The van der Waals surface area contributed by atoms with Gasteiger partial charge in [0.1, 0.15) is 17.9 Å². The molecule has 0 bridgehead atoms. The van der Waals surface area contributed by atoms with Crippen LogP contribution in [0, 0.1) is 0 Å². The number of aryl methyl sites for hydroxylation is 1. The van der Waals surface area contributed by atoms with Crippen molar-refractivity contribution in [1.29, 1.82) is 0 Å². The fourth-order valence-corrected chi connectivity index (χ4v) is 2.96. The molecule has 2 aromatic rings. The van der Waals surface area contributed by atoms with Crippen molar-refractivity contribution in [2.45, 2.75) is 26.3 Å². The number of aromatic nitrogens is 3. The standard InChI is InChI=1S/C19H30N6OS.HI/c1-4-18-24-23-15-25(18)13-11-21-19(22-12-14-27-3)20-10-9-16-7-5-6-8-17(16)26-2;/h5-8,15H,4,9-14H2,1-3H3,(H2,20,21,22);1H. The summed E-state index contributed by atoms with van der Waals surface area (Å²) >= 11 is 1.80. The van der Waals surface area contributed by atoms with Crippen LogP contribution in [0.1, 0.15) is 18.3 Å². The Hall–Kier alpha value is -1.49. The van der Waals surface area contributed by atoms with Gasteiger partial charge >= 0.3 is 0 Å². The van der Waals surface area contributed by atoms with Crippen LogP contribution in [0.2, 0.25) is 0 Å². The average molecular weight is 518 g/mol. The Balaban J connectivity index is 0.00000392. The lowest BCUT2D eigenvalue weighted by molar-refractivity contribution is 0.409. The first kappa shape index (κ1) is 24.5. The fraction of sp³-hybridized carbons (Fsp3) is 0.526. The summed E-state index contributed by atoms with van der Waals surface area (Å²) in [5.41, 5.74) is 1.19. The minimum Gasteiger partial charge on any atom is -0.496 e. The monoisotopic (exact) mass is 518 g/mol. The normalized spacial score (nSPS) is 11.0. The summed E-state index contributed by atoms with van der Waals surface area (Å²) in [6.07, 6.45) is 5.63. The number of nitrogens with zero attached hydrogens (tertiary/aromatic N) is 4. The van der Waals surface area contributed by atoms with Crippen LogP contribution in [0.4, 0.5) is 0 Å². The molecule has 0 fully saturated rings. The van der Waals surface area contributed by atoms with Crippen LogP contribution in [0.15, 0.2) is 35.6 Å². The quantitative estimate of drug-likeness (QED) is 0.206. The van der Waals surface area contributed by atoms with Gasteiger partial charge < -0.3 is 19.9 Å². The second kappa shape index (κ2) is 14.5. The smallest absolute Gasteiger partial charge is 0.191 e. The predicted octanol–water partition coefficient (Wildman–Crippen LogP) is 2.61. The predicted molar refractivity (Wildman–Crippen MR) is 128 cm³/mol. The number of methoxy groups -OCH3 is 1. The topological polar surface area (TPSA) is 76.4 Å². The third-order valence-corrected chi connectivity index (χ3v) is 4.69. The van der Waals surface area contributed by atoms with Crippen molar-refractivity contribution in [2.24, 2.45) is 4.99 Å². The van der Waals surface area contributed by atoms with Crippen LogP contribution >= 0.6 is 35.7 Å². The number of para-hydroxylation sites is 1. The number of nitrogens with one attached hydrogen (secondary N) is 2. The Kier molecular flexibility index (Phi) is 12.7. The molecule has 0 atom stereocenters. The zero-order chi connectivity index (χ0) is 19.3. The molecule has 0 amide bonds. The molecular formula is C19H31IN6OS. The first-order chi connectivity index (χ1) is 13.3. The molecule has 2 N–H and O–H groups in total. The second-order valence-electron chi connectivity index (χ2n) is 5.93. The molecule has 0 saturated heterocycles. The number of guanidine groups is 1. The van der Waals surface area contributed by atoms with Crippen molar-refractivity contribution in [1.82, 2.24) is 25.4 Å². The number of hydrogen-bond acceptors (Lipinski definition) is 5. The number of thioether (sulfide) groups is 1. The zero-order valence-corrected chi connectivity index (χ0v) is 20.0. The average Bonchev–Trinajstić information content (AvgIpc) is 3.15. The third kappa shape index (κ3) is 8.26. The number of benzene rings is 1. The fourth-order valence-electron chi connectivity index (χ4n) is 2.68. The maximum Gasteiger partial charge on any atom is 0.191 e. The zero-order valence-electron chi connectivity index (χ0n) is 16.9. The number of ether oxygens (including phenoxy) is 1. The van der Waals surface area contributed by atoms with Gasteiger partial charge in [-0.1, -0.05) is 25.1 Å². The Morgan fingerprint density at radius 1 is 1.25 bits per heavy atom. The highest BCUT2D eigenvalue weighted by molar-refractivity contribution is 14.0. The van der Waals surface area contributed by atoms with E-state index in [0.29, 0.717) is 0 Å². The van der Waals surface area contributed by atoms with Gasteiger partial charge in [0.2, 0.25) is 0 Å². The summed E-state index contributed by atoms with van der Waals surface area (Å²) in [5.74, 6) is 3.77. The Morgan fingerprint density at radius 3 is 2.79 bits per heavy atom. The van der Waals surface area contributed by atoms with Gasteiger partial charge in [0.05, 0.1) is 13.7 Å². The number of halogens is 1. The van der Waals surface area contributed by atoms with Gasteiger partial charge in [-0.25, -0.2) is 0 Å². The maximum absolute atomic E-state index is 5.42. The van der Waals surface area contributed by atoms with Crippen molar-refractivity contribution in [3.63, 3.8) is 0 Å². The molecule has 0 aliphatic rings. The van der Waals surface area contributed by atoms with E-state index in [9.17, 15) is 0 Å². The summed E-state index contributed by atoms with van der Waals surface area (Å²) in [6, 6.07) is 8.11. The van der Waals surface area contributed by atoms with Crippen LogP contribution in [-0.4, -0.2) is 59.5 Å². The van der Waals surface area contributed by atoms with E-state index in [1.54, 1.807) is 25.2 Å². The molecule has 0 saturated carbocycles. The lowest BCUT2D eigenvalue weighted by Gasteiger charge is -2.14. The summed E-state index contributed by atoms with van der Waals surface area (Å²) in [7, 11) is 1.71. The largest absolute Gasteiger partial charge is 0.496 e. The maximum atomic E-state index is 5.42. The number of rotatable bonds is 11. The van der Waals surface area contributed by atoms with Crippen LogP contribution in [-0.2, 0) is 19.4 Å². The molecule has 2 rings (SSSR count). The molecule has 0 aliphatic carbocycles. The third-order valence-electron chi connectivity index (χ3n) is 4.10. The second-order valence-corrected chi connectivity index (χ2v) is 6.92. The molecule has 9 heteroatoms. The van der Waals surface area contributed by atoms with E-state index in [1.807, 2.05) is 18.2 Å². The molecule has 28 heavy (non-hydrogen) atoms. The van der Waals surface area contributed by atoms with Crippen molar-refractivity contribution in [3.05, 3.63) is 42.0 Å².